The molecule has 1 aromatic heterocycles. The molecule has 0 aliphatic rings. The van der Waals surface area contributed by atoms with E-state index >= 15 is 0 Å². The summed E-state index contributed by atoms with van der Waals surface area (Å²) in [7, 11) is 0. The number of nitrogens with zero attached hydrogens (tertiary/aromatic N) is 3. The highest BCUT2D eigenvalue weighted by Crippen LogP contribution is 2.30. The van der Waals surface area contributed by atoms with Gasteiger partial charge in [-0.05, 0) is 55.7 Å². The van der Waals surface area contributed by atoms with E-state index in [0.717, 1.165) is 22.2 Å². The predicted molar refractivity (Wildman–Crippen MR) is 132 cm³/mol. The Morgan fingerprint density at radius 3 is 2.62 bits per heavy atom. The zero-order valence-corrected chi connectivity index (χ0v) is 19.7. The minimum absolute atomic E-state index is 0.00304. The summed E-state index contributed by atoms with van der Waals surface area (Å²) < 4.78 is 2.11. The number of carbonyl (C=O) groups is 1. The van der Waals surface area contributed by atoms with Crippen LogP contribution < -0.4 is 5.32 Å². The Hall–Kier alpha value is -3.12. The maximum atomic E-state index is 12.4. The third-order valence-corrected chi connectivity index (χ3v) is 6.57. The van der Waals surface area contributed by atoms with Gasteiger partial charge in [0.2, 0.25) is 5.91 Å². The molecular formula is C26H28N4OS. The summed E-state index contributed by atoms with van der Waals surface area (Å²) in [4.78, 5) is 12.4. The van der Waals surface area contributed by atoms with Crippen LogP contribution in [0.15, 0.2) is 65.8 Å². The fraction of sp³-hybridized carbons (Fsp3) is 0.269. The van der Waals surface area contributed by atoms with Crippen molar-refractivity contribution in [1.29, 1.82) is 0 Å². The molecule has 1 atom stereocenters. The van der Waals surface area contributed by atoms with Gasteiger partial charge in [-0.2, -0.15) is 0 Å². The lowest BCUT2D eigenvalue weighted by Crippen LogP contribution is -2.30. The lowest BCUT2D eigenvalue weighted by Gasteiger charge is -2.16. The van der Waals surface area contributed by atoms with Gasteiger partial charge in [0.05, 0.1) is 10.9 Å². The highest BCUT2D eigenvalue weighted by atomic mass is 32.2. The van der Waals surface area contributed by atoms with Crippen LogP contribution in [0.1, 0.15) is 36.4 Å². The maximum Gasteiger partial charge on any atom is 0.233 e. The first-order chi connectivity index (χ1) is 15.5. The van der Waals surface area contributed by atoms with E-state index in [1.807, 2.05) is 13.8 Å². The standard InChI is InChI=1S/C26H28N4OS/c1-5-27-25(31)19(4)32-26-29-28-24(30(26)23-14-13-17(2)15-18(23)3)16-21-11-8-10-20-9-6-7-12-22(20)21/h6-15,19H,5,16H2,1-4H3,(H,27,31). The van der Waals surface area contributed by atoms with E-state index in [4.69, 9.17) is 0 Å². The number of fused-ring (bicyclic) bond motifs is 1. The van der Waals surface area contributed by atoms with Gasteiger partial charge in [-0.15, -0.1) is 10.2 Å². The van der Waals surface area contributed by atoms with E-state index in [1.165, 1.54) is 33.7 Å². The molecule has 0 aliphatic heterocycles. The Morgan fingerprint density at radius 2 is 1.84 bits per heavy atom. The molecule has 3 aromatic carbocycles. The van der Waals surface area contributed by atoms with Crippen LogP contribution in [0.5, 0.6) is 0 Å². The molecule has 1 unspecified atom stereocenters. The second-order valence-electron chi connectivity index (χ2n) is 7.99. The molecule has 0 radical (unpaired) electrons. The van der Waals surface area contributed by atoms with Crippen LogP contribution in [-0.2, 0) is 11.2 Å². The Morgan fingerprint density at radius 1 is 1.06 bits per heavy atom. The highest BCUT2D eigenvalue weighted by molar-refractivity contribution is 8.00. The quantitative estimate of drug-likeness (QED) is 0.396. The van der Waals surface area contributed by atoms with E-state index in [1.54, 1.807) is 0 Å². The van der Waals surface area contributed by atoms with Gasteiger partial charge in [0.15, 0.2) is 5.16 Å². The number of aryl methyl sites for hydroxylation is 2. The molecule has 0 fully saturated rings. The van der Waals surface area contributed by atoms with E-state index < -0.39 is 0 Å². The molecule has 4 rings (SSSR count). The van der Waals surface area contributed by atoms with E-state index in [-0.39, 0.29) is 11.2 Å². The van der Waals surface area contributed by atoms with Crippen molar-refractivity contribution < 1.29 is 4.79 Å². The van der Waals surface area contributed by atoms with Crippen molar-refractivity contribution in [3.8, 4) is 5.69 Å². The summed E-state index contributed by atoms with van der Waals surface area (Å²) in [6.07, 6.45) is 0.651. The van der Waals surface area contributed by atoms with Crippen molar-refractivity contribution in [3.63, 3.8) is 0 Å². The smallest absolute Gasteiger partial charge is 0.233 e. The molecule has 0 saturated carbocycles. The average Bonchev–Trinajstić information content (AvgIpc) is 3.16. The number of hydrogen-bond donors (Lipinski definition) is 1. The first kappa shape index (κ1) is 22.1. The van der Waals surface area contributed by atoms with Crippen LogP contribution in [0.25, 0.3) is 16.5 Å². The molecule has 32 heavy (non-hydrogen) atoms. The van der Waals surface area contributed by atoms with Crippen molar-refractivity contribution in [3.05, 3.63) is 83.2 Å². The van der Waals surface area contributed by atoms with Gasteiger partial charge in [-0.1, -0.05) is 71.9 Å². The first-order valence-corrected chi connectivity index (χ1v) is 11.8. The Balaban J connectivity index is 1.78. The van der Waals surface area contributed by atoms with Gasteiger partial charge >= 0.3 is 0 Å². The molecule has 0 aliphatic carbocycles. The molecule has 4 aromatic rings. The SMILES string of the molecule is CCNC(=O)C(C)Sc1nnc(Cc2cccc3ccccc23)n1-c1ccc(C)cc1C. The molecule has 1 N–H and O–H groups in total. The van der Waals surface area contributed by atoms with Crippen LogP contribution in [0.3, 0.4) is 0 Å². The summed E-state index contributed by atoms with van der Waals surface area (Å²) in [5, 5.41) is 14.9. The second kappa shape index (κ2) is 9.57. The summed E-state index contributed by atoms with van der Waals surface area (Å²) in [5.41, 5.74) is 4.60. The van der Waals surface area contributed by atoms with Gasteiger partial charge in [0.1, 0.15) is 5.82 Å². The summed E-state index contributed by atoms with van der Waals surface area (Å²) in [5.74, 6) is 0.863. The normalized spacial score (nSPS) is 12.1. The third kappa shape index (κ3) is 4.55. The number of rotatable bonds is 7. The molecule has 0 spiro atoms. The Bertz CT molecular complexity index is 1260. The Kier molecular flexibility index (Phi) is 6.61. The second-order valence-corrected chi connectivity index (χ2v) is 9.30. The number of nitrogens with one attached hydrogen (secondary N) is 1. The van der Waals surface area contributed by atoms with E-state index in [2.05, 4.69) is 94.6 Å². The fourth-order valence-corrected chi connectivity index (χ4v) is 4.84. The molecule has 0 saturated heterocycles. The summed E-state index contributed by atoms with van der Waals surface area (Å²) in [6.45, 7) is 8.63. The van der Waals surface area contributed by atoms with Crippen LogP contribution in [0, 0.1) is 13.8 Å². The first-order valence-electron chi connectivity index (χ1n) is 10.9. The summed E-state index contributed by atoms with van der Waals surface area (Å²) in [6, 6.07) is 21.1. The fourth-order valence-electron chi connectivity index (χ4n) is 3.94. The number of amides is 1. The number of hydrogen-bond acceptors (Lipinski definition) is 4. The van der Waals surface area contributed by atoms with Crippen LogP contribution in [-0.4, -0.2) is 32.5 Å². The highest BCUT2D eigenvalue weighted by Gasteiger charge is 2.22. The molecule has 164 valence electrons. The third-order valence-electron chi connectivity index (χ3n) is 5.52. The lowest BCUT2D eigenvalue weighted by molar-refractivity contribution is -0.120. The van der Waals surface area contributed by atoms with Crippen molar-refractivity contribution in [2.24, 2.45) is 0 Å². The summed E-state index contributed by atoms with van der Waals surface area (Å²) >= 11 is 1.44. The van der Waals surface area contributed by atoms with Crippen LogP contribution in [0.4, 0.5) is 0 Å². The molecule has 6 heteroatoms. The zero-order valence-electron chi connectivity index (χ0n) is 18.9. The monoisotopic (exact) mass is 444 g/mol. The average molecular weight is 445 g/mol. The predicted octanol–water partition coefficient (Wildman–Crippen LogP) is 5.24. The van der Waals surface area contributed by atoms with Crippen LogP contribution >= 0.6 is 11.8 Å². The molecule has 1 amide bonds. The topological polar surface area (TPSA) is 59.8 Å². The van der Waals surface area contributed by atoms with Gasteiger partial charge < -0.3 is 5.32 Å². The molecule has 5 nitrogen and oxygen atoms in total. The van der Waals surface area contributed by atoms with Gasteiger partial charge in [-0.3, -0.25) is 9.36 Å². The lowest BCUT2D eigenvalue weighted by atomic mass is 10.0. The molecule has 1 heterocycles. The number of aromatic nitrogens is 3. The van der Waals surface area contributed by atoms with Crippen molar-refractivity contribution in [2.75, 3.05) is 6.54 Å². The number of thioether (sulfide) groups is 1. The van der Waals surface area contributed by atoms with Gasteiger partial charge in [0, 0.05) is 13.0 Å². The van der Waals surface area contributed by atoms with Crippen molar-refractivity contribution in [1.82, 2.24) is 20.1 Å². The van der Waals surface area contributed by atoms with E-state index in [9.17, 15) is 4.79 Å². The molecular weight excluding hydrogens is 416 g/mol. The van der Waals surface area contributed by atoms with Crippen molar-refractivity contribution >= 4 is 28.4 Å². The number of benzene rings is 3. The zero-order chi connectivity index (χ0) is 22.7. The minimum Gasteiger partial charge on any atom is -0.355 e. The maximum absolute atomic E-state index is 12.4. The van der Waals surface area contributed by atoms with Gasteiger partial charge in [0.25, 0.3) is 0 Å². The minimum atomic E-state index is -0.269. The van der Waals surface area contributed by atoms with Gasteiger partial charge in [-0.25, -0.2) is 0 Å². The van der Waals surface area contributed by atoms with E-state index in [0.29, 0.717) is 13.0 Å². The largest absolute Gasteiger partial charge is 0.355 e. The number of carbonyl (C=O) groups excluding carboxylic acids is 1. The Labute approximate surface area is 193 Å². The van der Waals surface area contributed by atoms with Crippen LogP contribution in [0.2, 0.25) is 0 Å². The molecule has 0 bridgehead atoms. The van der Waals surface area contributed by atoms with Crippen molar-refractivity contribution in [2.45, 2.75) is 44.5 Å².